The van der Waals surface area contributed by atoms with Gasteiger partial charge in [0.25, 0.3) is 0 Å². The standard InChI is InChI=1S/C13H20N4OS/c1-9(2)17-12(18)15-16-13(17)19-11-7-5-3-4-6-10(11)8-14/h9-11H,3-7H2,1-2H3,(H,15,18). The summed E-state index contributed by atoms with van der Waals surface area (Å²) < 4.78 is 1.67. The van der Waals surface area contributed by atoms with Crippen LogP contribution in [-0.2, 0) is 0 Å². The van der Waals surface area contributed by atoms with E-state index in [1.807, 2.05) is 13.8 Å². The van der Waals surface area contributed by atoms with Gasteiger partial charge in [-0.05, 0) is 26.7 Å². The summed E-state index contributed by atoms with van der Waals surface area (Å²) in [6, 6.07) is 2.51. The number of aromatic nitrogens is 3. The molecule has 0 aliphatic heterocycles. The topological polar surface area (TPSA) is 74.5 Å². The first-order valence-electron chi connectivity index (χ1n) is 6.86. The molecule has 5 nitrogen and oxygen atoms in total. The molecule has 6 heteroatoms. The molecule has 1 aromatic heterocycles. The van der Waals surface area contributed by atoms with Crippen LogP contribution in [-0.4, -0.2) is 20.0 Å². The van der Waals surface area contributed by atoms with Crippen LogP contribution in [0, 0.1) is 17.2 Å². The highest BCUT2D eigenvalue weighted by Gasteiger charge is 2.27. The van der Waals surface area contributed by atoms with Crippen LogP contribution in [0.5, 0.6) is 0 Å². The lowest BCUT2D eigenvalue weighted by molar-refractivity contribution is 0.528. The quantitative estimate of drug-likeness (QED) is 0.864. The first-order chi connectivity index (χ1) is 9.13. The molecule has 104 valence electrons. The molecule has 2 rings (SSSR count). The van der Waals surface area contributed by atoms with Crippen LogP contribution in [0.15, 0.2) is 9.95 Å². The SMILES string of the molecule is CC(C)n1c(SC2CCCCCC2C#N)n[nH]c1=O. The molecule has 2 atom stereocenters. The number of rotatable bonds is 3. The van der Waals surface area contributed by atoms with E-state index in [4.69, 9.17) is 0 Å². The third-order valence-electron chi connectivity index (χ3n) is 3.56. The summed E-state index contributed by atoms with van der Waals surface area (Å²) in [6.45, 7) is 3.94. The fraction of sp³-hybridized carbons (Fsp3) is 0.769. The third kappa shape index (κ3) is 3.21. The summed E-state index contributed by atoms with van der Waals surface area (Å²) in [5.74, 6) is 0.0694. The van der Waals surface area contributed by atoms with Gasteiger partial charge in [-0.1, -0.05) is 31.0 Å². The Labute approximate surface area is 117 Å². The molecule has 1 aromatic rings. The minimum absolute atomic E-state index is 0.0694. The first-order valence-corrected chi connectivity index (χ1v) is 7.74. The second-order valence-corrected chi connectivity index (χ2v) is 6.51. The molecule has 1 fully saturated rings. The second kappa shape index (κ2) is 6.29. The van der Waals surface area contributed by atoms with E-state index in [-0.39, 0.29) is 22.9 Å². The smallest absolute Gasteiger partial charge is 0.268 e. The number of hydrogen-bond donors (Lipinski definition) is 1. The van der Waals surface area contributed by atoms with Crippen molar-refractivity contribution >= 4 is 11.8 Å². The Morgan fingerprint density at radius 1 is 1.42 bits per heavy atom. The molecule has 0 aromatic carbocycles. The number of nitrogens with zero attached hydrogens (tertiary/aromatic N) is 3. The molecule has 1 aliphatic carbocycles. The van der Waals surface area contributed by atoms with E-state index in [9.17, 15) is 10.1 Å². The van der Waals surface area contributed by atoms with Crippen molar-refractivity contribution < 1.29 is 0 Å². The van der Waals surface area contributed by atoms with Crippen LogP contribution in [0.25, 0.3) is 0 Å². The molecule has 0 bridgehead atoms. The van der Waals surface area contributed by atoms with Crippen molar-refractivity contribution in [2.45, 2.75) is 62.4 Å². The fourth-order valence-electron chi connectivity index (χ4n) is 2.53. The van der Waals surface area contributed by atoms with E-state index in [0.717, 1.165) is 25.7 Å². The highest BCUT2D eigenvalue weighted by molar-refractivity contribution is 7.99. The summed E-state index contributed by atoms with van der Waals surface area (Å²) in [5.41, 5.74) is -0.167. The van der Waals surface area contributed by atoms with Crippen molar-refractivity contribution in [2.75, 3.05) is 0 Å². The molecule has 0 radical (unpaired) electrons. The molecular formula is C13H20N4OS. The molecular weight excluding hydrogens is 260 g/mol. The van der Waals surface area contributed by atoms with Gasteiger partial charge in [0.1, 0.15) is 0 Å². The predicted molar refractivity (Wildman–Crippen MR) is 75.1 cm³/mol. The molecule has 2 unspecified atom stereocenters. The van der Waals surface area contributed by atoms with Gasteiger partial charge >= 0.3 is 5.69 Å². The monoisotopic (exact) mass is 280 g/mol. The lowest BCUT2D eigenvalue weighted by Gasteiger charge is -2.18. The van der Waals surface area contributed by atoms with Gasteiger partial charge in [0.05, 0.1) is 12.0 Å². The molecule has 0 amide bonds. The van der Waals surface area contributed by atoms with Crippen LogP contribution >= 0.6 is 11.8 Å². The normalized spacial score (nSPS) is 24.1. The molecule has 1 aliphatic rings. The number of thioether (sulfide) groups is 1. The minimum atomic E-state index is -0.167. The van der Waals surface area contributed by atoms with Crippen molar-refractivity contribution in [3.05, 3.63) is 10.5 Å². The molecule has 1 saturated carbocycles. The molecule has 0 spiro atoms. The molecule has 1 N–H and O–H groups in total. The van der Waals surface area contributed by atoms with Crippen LogP contribution in [0.1, 0.15) is 52.0 Å². The Morgan fingerprint density at radius 2 is 2.16 bits per heavy atom. The van der Waals surface area contributed by atoms with Crippen molar-refractivity contribution in [1.29, 1.82) is 5.26 Å². The van der Waals surface area contributed by atoms with Gasteiger partial charge in [0, 0.05) is 11.3 Å². The largest absolute Gasteiger partial charge is 0.344 e. The summed E-state index contributed by atoms with van der Waals surface area (Å²) in [7, 11) is 0. The Kier molecular flexibility index (Phi) is 4.70. The van der Waals surface area contributed by atoms with Gasteiger partial charge in [-0.15, -0.1) is 5.10 Å². The zero-order chi connectivity index (χ0) is 13.8. The van der Waals surface area contributed by atoms with E-state index in [1.54, 1.807) is 16.3 Å². The Morgan fingerprint density at radius 3 is 2.84 bits per heavy atom. The maximum absolute atomic E-state index is 11.7. The van der Waals surface area contributed by atoms with Gasteiger partial charge in [-0.25, -0.2) is 9.89 Å². The van der Waals surface area contributed by atoms with E-state index in [0.29, 0.717) is 5.16 Å². The predicted octanol–water partition coefficient (Wildman–Crippen LogP) is 2.72. The van der Waals surface area contributed by atoms with E-state index in [2.05, 4.69) is 16.3 Å². The average Bonchev–Trinajstić information content (AvgIpc) is 2.60. The summed E-state index contributed by atoms with van der Waals surface area (Å²) in [4.78, 5) is 11.7. The van der Waals surface area contributed by atoms with Gasteiger partial charge in [0.2, 0.25) is 0 Å². The lowest BCUT2D eigenvalue weighted by Crippen LogP contribution is -2.21. The van der Waals surface area contributed by atoms with E-state index >= 15 is 0 Å². The zero-order valence-corrected chi connectivity index (χ0v) is 12.2. The Hall–Kier alpha value is -1.22. The lowest BCUT2D eigenvalue weighted by atomic mass is 10.0. The molecule has 0 saturated heterocycles. The highest BCUT2D eigenvalue weighted by atomic mass is 32.2. The maximum Gasteiger partial charge on any atom is 0.344 e. The van der Waals surface area contributed by atoms with Gasteiger partial charge in [-0.2, -0.15) is 5.26 Å². The molecule has 1 heterocycles. The summed E-state index contributed by atoms with van der Waals surface area (Å²) >= 11 is 1.58. The Balaban J connectivity index is 2.19. The van der Waals surface area contributed by atoms with Crippen LogP contribution < -0.4 is 5.69 Å². The molecule has 19 heavy (non-hydrogen) atoms. The number of H-pyrrole nitrogens is 1. The van der Waals surface area contributed by atoms with Crippen molar-refractivity contribution in [3.63, 3.8) is 0 Å². The second-order valence-electron chi connectivity index (χ2n) is 5.30. The number of aromatic amines is 1. The van der Waals surface area contributed by atoms with E-state index < -0.39 is 0 Å². The van der Waals surface area contributed by atoms with Crippen molar-refractivity contribution in [3.8, 4) is 6.07 Å². The third-order valence-corrected chi connectivity index (χ3v) is 4.93. The van der Waals surface area contributed by atoms with Gasteiger partial charge in [-0.3, -0.25) is 4.57 Å². The number of nitrogens with one attached hydrogen (secondary N) is 1. The number of nitriles is 1. The van der Waals surface area contributed by atoms with Crippen molar-refractivity contribution in [2.24, 2.45) is 5.92 Å². The number of hydrogen-bond acceptors (Lipinski definition) is 4. The van der Waals surface area contributed by atoms with Crippen molar-refractivity contribution in [1.82, 2.24) is 14.8 Å². The van der Waals surface area contributed by atoms with Crippen LogP contribution in [0.4, 0.5) is 0 Å². The first kappa shape index (κ1) is 14.2. The maximum atomic E-state index is 11.7. The summed E-state index contributed by atoms with van der Waals surface area (Å²) in [5, 5.41) is 16.9. The summed E-state index contributed by atoms with van der Waals surface area (Å²) in [6.07, 6.45) is 5.48. The van der Waals surface area contributed by atoms with E-state index in [1.165, 1.54) is 6.42 Å². The van der Waals surface area contributed by atoms with Crippen LogP contribution in [0.2, 0.25) is 0 Å². The zero-order valence-electron chi connectivity index (χ0n) is 11.4. The van der Waals surface area contributed by atoms with Crippen LogP contribution in [0.3, 0.4) is 0 Å². The highest BCUT2D eigenvalue weighted by Crippen LogP contribution is 2.35. The fourth-order valence-corrected chi connectivity index (χ4v) is 3.95. The van der Waals surface area contributed by atoms with Gasteiger partial charge in [0.15, 0.2) is 5.16 Å². The average molecular weight is 280 g/mol. The van der Waals surface area contributed by atoms with Gasteiger partial charge < -0.3 is 0 Å². The Bertz CT molecular complexity index is 513. The minimum Gasteiger partial charge on any atom is -0.268 e.